The van der Waals surface area contributed by atoms with Crippen LogP contribution < -0.4 is 4.74 Å². The highest BCUT2D eigenvalue weighted by Gasteiger charge is 2.30. The minimum atomic E-state index is -0.0208. The minimum Gasteiger partial charge on any atom is -0.484 e. The van der Waals surface area contributed by atoms with Gasteiger partial charge in [-0.3, -0.25) is 4.79 Å². The van der Waals surface area contributed by atoms with Gasteiger partial charge < -0.3 is 14.2 Å². The molecule has 5 rings (SSSR count). The summed E-state index contributed by atoms with van der Waals surface area (Å²) < 4.78 is 12.8. The largest absolute Gasteiger partial charge is 0.484 e. The fourth-order valence-corrected chi connectivity index (χ4v) is 3.74. The number of aryl methyl sites for hydroxylation is 1. The number of piperidine rings is 1. The van der Waals surface area contributed by atoms with Crippen molar-refractivity contribution in [3.63, 3.8) is 0 Å². The lowest BCUT2D eigenvalue weighted by atomic mass is 10.1. The van der Waals surface area contributed by atoms with E-state index in [1.807, 2.05) is 42.3 Å². The number of rotatable bonds is 6. The van der Waals surface area contributed by atoms with Crippen molar-refractivity contribution >= 4 is 5.91 Å². The fourth-order valence-electron chi connectivity index (χ4n) is 3.74. The van der Waals surface area contributed by atoms with E-state index in [9.17, 15) is 4.79 Å². The van der Waals surface area contributed by atoms with Gasteiger partial charge in [0.25, 0.3) is 11.8 Å². The summed E-state index contributed by atoms with van der Waals surface area (Å²) in [7, 11) is 0. The van der Waals surface area contributed by atoms with Crippen LogP contribution in [0, 0.1) is 6.92 Å². The first-order valence-corrected chi connectivity index (χ1v) is 10.4. The van der Waals surface area contributed by atoms with Crippen LogP contribution in [0.25, 0.3) is 11.6 Å². The van der Waals surface area contributed by atoms with Crippen LogP contribution in [0.5, 0.6) is 5.75 Å². The third-order valence-electron chi connectivity index (χ3n) is 5.59. The van der Waals surface area contributed by atoms with E-state index in [4.69, 9.17) is 9.26 Å². The molecule has 0 N–H and O–H groups in total. The molecule has 30 heavy (non-hydrogen) atoms. The molecule has 156 valence electrons. The summed E-state index contributed by atoms with van der Waals surface area (Å²) in [6.45, 7) is 3.33. The smallest absolute Gasteiger partial charge is 0.280 e. The third-order valence-corrected chi connectivity index (χ3v) is 5.59. The van der Waals surface area contributed by atoms with Crippen LogP contribution in [0.2, 0.25) is 0 Å². The molecule has 1 aliphatic carbocycles. The van der Waals surface area contributed by atoms with Gasteiger partial charge >= 0.3 is 0 Å². The second kappa shape index (κ2) is 7.89. The first kappa shape index (κ1) is 18.8. The molecule has 3 aromatic rings. The van der Waals surface area contributed by atoms with Crippen LogP contribution in [0.3, 0.4) is 0 Å². The number of ether oxygens (including phenoxy) is 1. The summed E-state index contributed by atoms with van der Waals surface area (Å²) in [5, 5.41) is 12.5. The van der Waals surface area contributed by atoms with Gasteiger partial charge in [-0.1, -0.05) is 22.5 Å². The molecule has 9 nitrogen and oxygen atoms in total. The molecule has 1 atom stereocenters. The molecule has 2 aromatic heterocycles. The maximum absolute atomic E-state index is 12.7. The summed E-state index contributed by atoms with van der Waals surface area (Å²) in [6, 6.07) is 7.77. The van der Waals surface area contributed by atoms with E-state index in [2.05, 4.69) is 20.5 Å². The Balaban J connectivity index is 1.20. The standard InChI is InChI=1S/C21H24N6O3/c1-14-4-2-6-17(10-14)29-13-19(28)26-9-3-5-16(11-26)27-12-18(23-25-27)21-22-20(24-30-21)15-7-8-15/h2,4,6,10,12,15-16H,3,5,7-9,11,13H2,1H3. The molecule has 1 unspecified atom stereocenters. The molecule has 1 saturated heterocycles. The van der Waals surface area contributed by atoms with Gasteiger partial charge in [0.2, 0.25) is 0 Å². The number of nitrogens with zero attached hydrogens (tertiary/aromatic N) is 6. The lowest BCUT2D eigenvalue weighted by molar-refractivity contribution is -0.135. The molecule has 1 aromatic carbocycles. The van der Waals surface area contributed by atoms with Gasteiger partial charge in [-0.15, -0.1) is 5.10 Å². The summed E-state index contributed by atoms with van der Waals surface area (Å²) >= 11 is 0. The van der Waals surface area contributed by atoms with Crippen molar-refractivity contribution < 1.29 is 14.1 Å². The highest BCUT2D eigenvalue weighted by Crippen LogP contribution is 2.38. The van der Waals surface area contributed by atoms with Gasteiger partial charge in [0.15, 0.2) is 18.1 Å². The Kier molecular flexibility index (Phi) is 4.94. The normalized spacial score (nSPS) is 19.1. The van der Waals surface area contributed by atoms with E-state index in [-0.39, 0.29) is 18.6 Å². The second-order valence-corrected chi connectivity index (χ2v) is 8.06. The van der Waals surface area contributed by atoms with Gasteiger partial charge in [0, 0.05) is 19.0 Å². The van der Waals surface area contributed by atoms with Crippen LogP contribution in [-0.4, -0.2) is 55.6 Å². The summed E-state index contributed by atoms with van der Waals surface area (Å²) in [5.41, 5.74) is 1.67. The first-order valence-electron chi connectivity index (χ1n) is 10.4. The lowest BCUT2D eigenvalue weighted by Crippen LogP contribution is -2.43. The molecule has 0 radical (unpaired) electrons. The number of carbonyl (C=O) groups is 1. The number of likely N-dealkylation sites (tertiary alicyclic amines) is 1. The van der Waals surface area contributed by atoms with Crippen molar-refractivity contribution in [3.05, 3.63) is 41.9 Å². The zero-order chi connectivity index (χ0) is 20.5. The van der Waals surface area contributed by atoms with Crippen LogP contribution >= 0.6 is 0 Å². The molecule has 3 heterocycles. The number of benzene rings is 1. The molecule has 0 spiro atoms. The average Bonchev–Trinajstić information content (AvgIpc) is 3.29. The van der Waals surface area contributed by atoms with Crippen molar-refractivity contribution in [1.82, 2.24) is 30.0 Å². The lowest BCUT2D eigenvalue weighted by Gasteiger charge is -2.32. The molecular formula is C21H24N6O3. The van der Waals surface area contributed by atoms with E-state index in [1.54, 1.807) is 4.68 Å². The number of amides is 1. The quantitative estimate of drug-likeness (QED) is 0.618. The van der Waals surface area contributed by atoms with Crippen LogP contribution in [0.4, 0.5) is 0 Å². The Bertz CT molecular complexity index is 1040. The van der Waals surface area contributed by atoms with Crippen molar-refractivity contribution in [3.8, 4) is 17.3 Å². The molecule has 0 bridgehead atoms. The highest BCUT2D eigenvalue weighted by atomic mass is 16.5. The summed E-state index contributed by atoms with van der Waals surface area (Å²) in [5.74, 6) is 2.27. The Morgan fingerprint density at radius 1 is 1.30 bits per heavy atom. The first-order chi connectivity index (χ1) is 14.7. The van der Waals surface area contributed by atoms with Crippen LogP contribution in [-0.2, 0) is 4.79 Å². The Hall–Kier alpha value is -3.23. The number of carbonyl (C=O) groups excluding carboxylic acids is 1. The molecule has 1 aliphatic heterocycles. The topological polar surface area (TPSA) is 99.2 Å². The number of hydrogen-bond acceptors (Lipinski definition) is 7. The van der Waals surface area contributed by atoms with E-state index < -0.39 is 0 Å². The van der Waals surface area contributed by atoms with E-state index in [0.717, 1.165) is 43.6 Å². The summed E-state index contributed by atoms with van der Waals surface area (Å²) in [6.07, 6.45) is 5.90. The zero-order valence-electron chi connectivity index (χ0n) is 16.9. The van der Waals surface area contributed by atoms with E-state index in [1.165, 1.54) is 0 Å². The zero-order valence-corrected chi connectivity index (χ0v) is 16.9. The van der Waals surface area contributed by atoms with Gasteiger partial charge in [0.05, 0.1) is 12.2 Å². The highest BCUT2D eigenvalue weighted by molar-refractivity contribution is 5.77. The molecule has 2 fully saturated rings. The minimum absolute atomic E-state index is 0.0208. The Labute approximate surface area is 174 Å². The van der Waals surface area contributed by atoms with Gasteiger partial charge in [-0.05, 0) is 50.3 Å². The Morgan fingerprint density at radius 2 is 2.20 bits per heavy atom. The molecule has 9 heteroatoms. The maximum atomic E-state index is 12.7. The van der Waals surface area contributed by atoms with Crippen molar-refractivity contribution in [1.29, 1.82) is 0 Å². The van der Waals surface area contributed by atoms with E-state index in [0.29, 0.717) is 29.8 Å². The maximum Gasteiger partial charge on any atom is 0.280 e. The van der Waals surface area contributed by atoms with Crippen molar-refractivity contribution in [2.75, 3.05) is 19.7 Å². The second-order valence-electron chi connectivity index (χ2n) is 8.06. The summed E-state index contributed by atoms with van der Waals surface area (Å²) in [4.78, 5) is 18.9. The van der Waals surface area contributed by atoms with Gasteiger partial charge in [-0.25, -0.2) is 4.68 Å². The third kappa shape index (κ3) is 4.05. The fraction of sp³-hybridized carbons (Fsp3) is 0.476. The van der Waals surface area contributed by atoms with Crippen molar-refractivity contribution in [2.24, 2.45) is 0 Å². The van der Waals surface area contributed by atoms with Gasteiger partial charge in [0.1, 0.15) is 5.75 Å². The molecule has 1 amide bonds. The Morgan fingerprint density at radius 3 is 3.03 bits per heavy atom. The molecular weight excluding hydrogens is 384 g/mol. The van der Waals surface area contributed by atoms with E-state index >= 15 is 0 Å². The average molecular weight is 408 g/mol. The molecule has 1 saturated carbocycles. The number of hydrogen-bond donors (Lipinski definition) is 0. The predicted molar refractivity (Wildman–Crippen MR) is 107 cm³/mol. The predicted octanol–water partition coefficient (Wildman–Crippen LogP) is 2.76. The number of aromatic nitrogens is 5. The van der Waals surface area contributed by atoms with Crippen LogP contribution in [0.15, 0.2) is 35.0 Å². The van der Waals surface area contributed by atoms with Crippen molar-refractivity contribution in [2.45, 2.75) is 44.6 Å². The van der Waals surface area contributed by atoms with Gasteiger partial charge in [-0.2, -0.15) is 4.98 Å². The van der Waals surface area contributed by atoms with Crippen LogP contribution in [0.1, 0.15) is 49.0 Å². The SMILES string of the molecule is Cc1cccc(OCC(=O)N2CCCC(n3cc(-c4nc(C5CC5)no4)nn3)C2)c1. The molecule has 2 aliphatic rings. The monoisotopic (exact) mass is 408 g/mol.